The summed E-state index contributed by atoms with van der Waals surface area (Å²) in [6.45, 7) is 2.12. The van der Waals surface area contributed by atoms with E-state index >= 15 is 0 Å². The first-order valence-corrected chi connectivity index (χ1v) is 7.03. The standard InChI is InChI=1S/C15H15N3S/c1-10-11(7-9-19-10)15(18-16)13-6-8-17-14-5-3-2-4-12(13)14/h2-9,15,18H,16H2,1H3. The Labute approximate surface area is 116 Å². The highest BCUT2D eigenvalue weighted by Gasteiger charge is 2.17. The van der Waals surface area contributed by atoms with E-state index in [1.54, 1.807) is 11.3 Å². The van der Waals surface area contributed by atoms with Crippen molar-refractivity contribution in [2.75, 3.05) is 0 Å². The Bertz CT molecular complexity index is 700. The quantitative estimate of drug-likeness (QED) is 0.567. The van der Waals surface area contributed by atoms with Gasteiger partial charge in [-0.3, -0.25) is 10.8 Å². The zero-order chi connectivity index (χ0) is 13.2. The van der Waals surface area contributed by atoms with Crippen LogP contribution < -0.4 is 11.3 Å². The molecular weight excluding hydrogens is 254 g/mol. The summed E-state index contributed by atoms with van der Waals surface area (Å²) in [4.78, 5) is 5.68. The molecule has 0 spiro atoms. The molecule has 0 radical (unpaired) electrons. The molecule has 0 bridgehead atoms. The summed E-state index contributed by atoms with van der Waals surface area (Å²) in [6, 6.07) is 12.3. The van der Waals surface area contributed by atoms with E-state index in [4.69, 9.17) is 5.84 Å². The number of hydrogen-bond donors (Lipinski definition) is 2. The van der Waals surface area contributed by atoms with E-state index in [1.165, 1.54) is 10.4 Å². The van der Waals surface area contributed by atoms with Crippen LogP contribution in [0.25, 0.3) is 10.9 Å². The largest absolute Gasteiger partial charge is 0.271 e. The van der Waals surface area contributed by atoms with Gasteiger partial charge in [-0.1, -0.05) is 18.2 Å². The van der Waals surface area contributed by atoms with Crippen LogP contribution in [0.3, 0.4) is 0 Å². The van der Waals surface area contributed by atoms with Crippen LogP contribution in [-0.2, 0) is 0 Å². The predicted molar refractivity (Wildman–Crippen MR) is 80.0 cm³/mol. The van der Waals surface area contributed by atoms with Crippen LogP contribution in [-0.4, -0.2) is 4.98 Å². The molecule has 0 aliphatic heterocycles. The molecule has 0 amide bonds. The molecule has 3 aromatic rings. The van der Waals surface area contributed by atoms with Crippen molar-refractivity contribution in [3.05, 3.63) is 64.0 Å². The van der Waals surface area contributed by atoms with E-state index in [2.05, 4.69) is 34.8 Å². The minimum atomic E-state index is -0.000787. The predicted octanol–water partition coefficient (Wildman–Crippen LogP) is 3.16. The van der Waals surface area contributed by atoms with Crippen molar-refractivity contribution in [3.8, 4) is 0 Å². The van der Waals surface area contributed by atoms with Gasteiger partial charge in [0.15, 0.2) is 0 Å². The van der Waals surface area contributed by atoms with Gasteiger partial charge < -0.3 is 0 Å². The Morgan fingerprint density at radius 3 is 2.74 bits per heavy atom. The molecular formula is C15H15N3S. The molecule has 0 fully saturated rings. The maximum atomic E-state index is 5.79. The monoisotopic (exact) mass is 269 g/mol. The fraction of sp³-hybridized carbons (Fsp3) is 0.133. The molecule has 3 nitrogen and oxygen atoms in total. The summed E-state index contributed by atoms with van der Waals surface area (Å²) in [5, 5.41) is 3.23. The molecule has 1 aromatic carbocycles. The van der Waals surface area contributed by atoms with Crippen molar-refractivity contribution in [2.24, 2.45) is 5.84 Å². The third-order valence-electron chi connectivity index (χ3n) is 3.37. The van der Waals surface area contributed by atoms with Crippen molar-refractivity contribution in [1.82, 2.24) is 10.4 Å². The number of nitrogens with zero attached hydrogens (tertiary/aromatic N) is 1. The lowest BCUT2D eigenvalue weighted by Gasteiger charge is -2.18. The highest BCUT2D eigenvalue weighted by molar-refractivity contribution is 7.10. The lowest BCUT2D eigenvalue weighted by molar-refractivity contribution is 0.640. The number of nitrogens with two attached hydrogens (primary N) is 1. The third kappa shape index (κ3) is 2.14. The van der Waals surface area contributed by atoms with Gasteiger partial charge in [0.2, 0.25) is 0 Å². The number of para-hydroxylation sites is 1. The van der Waals surface area contributed by atoms with Crippen LogP contribution in [0.1, 0.15) is 22.0 Å². The molecule has 0 saturated carbocycles. The fourth-order valence-corrected chi connectivity index (χ4v) is 3.15. The summed E-state index contributed by atoms with van der Waals surface area (Å²) in [7, 11) is 0. The summed E-state index contributed by atoms with van der Waals surface area (Å²) >= 11 is 1.74. The van der Waals surface area contributed by atoms with Crippen molar-refractivity contribution in [3.63, 3.8) is 0 Å². The molecule has 0 saturated heterocycles. The van der Waals surface area contributed by atoms with Gasteiger partial charge in [0, 0.05) is 16.5 Å². The maximum absolute atomic E-state index is 5.79. The van der Waals surface area contributed by atoms with Gasteiger partial charge in [0.1, 0.15) is 0 Å². The highest BCUT2D eigenvalue weighted by atomic mass is 32.1. The van der Waals surface area contributed by atoms with Gasteiger partial charge in [0.05, 0.1) is 11.6 Å². The van der Waals surface area contributed by atoms with Gasteiger partial charge in [0.25, 0.3) is 0 Å². The number of rotatable bonds is 3. The number of fused-ring (bicyclic) bond motifs is 1. The molecule has 3 N–H and O–H groups in total. The van der Waals surface area contributed by atoms with Gasteiger partial charge in [-0.25, -0.2) is 5.43 Å². The normalized spacial score (nSPS) is 12.7. The van der Waals surface area contributed by atoms with Crippen LogP contribution in [0.2, 0.25) is 0 Å². The number of aromatic nitrogens is 1. The van der Waals surface area contributed by atoms with Crippen LogP contribution in [0.4, 0.5) is 0 Å². The van der Waals surface area contributed by atoms with Crippen LogP contribution >= 0.6 is 11.3 Å². The van der Waals surface area contributed by atoms with Gasteiger partial charge in [-0.15, -0.1) is 11.3 Å². The van der Waals surface area contributed by atoms with Crippen molar-refractivity contribution in [1.29, 1.82) is 0 Å². The Balaban J connectivity index is 2.20. The van der Waals surface area contributed by atoms with Crippen LogP contribution in [0, 0.1) is 6.92 Å². The lowest BCUT2D eigenvalue weighted by atomic mass is 9.97. The number of hydrogen-bond acceptors (Lipinski definition) is 4. The number of thiophene rings is 1. The zero-order valence-electron chi connectivity index (χ0n) is 10.6. The molecule has 19 heavy (non-hydrogen) atoms. The Morgan fingerprint density at radius 1 is 1.16 bits per heavy atom. The van der Waals surface area contributed by atoms with Gasteiger partial charge >= 0.3 is 0 Å². The first-order valence-electron chi connectivity index (χ1n) is 6.15. The average Bonchev–Trinajstić information content (AvgIpc) is 2.86. The summed E-state index contributed by atoms with van der Waals surface area (Å²) in [5.41, 5.74) is 6.31. The van der Waals surface area contributed by atoms with Crippen molar-refractivity contribution >= 4 is 22.2 Å². The molecule has 96 valence electrons. The topological polar surface area (TPSA) is 50.9 Å². The van der Waals surface area contributed by atoms with Crippen LogP contribution in [0.5, 0.6) is 0 Å². The van der Waals surface area contributed by atoms with Crippen molar-refractivity contribution < 1.29 is 0 Å². The first kappa shape index (κ1) is 12.3. The highest BCUT2D eigenvalue weighted by Crippen LogP contribution is 2.31. The maximum Gasteiger partial charge on any atom is 0.0727 e. The smallest absolute Gasteiger partial charge is 0.0727 e. The van der Waals surface area contributed by atoms with Gasteiger partial charge in [-0.2, -0.15) is 0 Å². The van der Waals surface area contributed by atoms with Crippen LogP contribution in [0.15, 0.2) is 48.0 Å². The second kappa shape index (κ2) is 5.09. The fourth-order valence-electron chi connectivity index (χ4n) is 2.41. The molecule has 2 heterocycles. The van der Waals surface area contributed by atoms with E-state index in [9.17, 15) is 0 Å². The first-order chi connectivity index (χ1) is 9.31. The Morgan fingerprint density at radius 2 is 2.00 bits per heavy atom. The number of hydrazine groups is 1. The summed E-state index contributed by atoms with van der Waals surface area (Å²) in [5.74, 6) is 5.79. The molecule has 1 unspecified atom stereocenters. The van der Waals surface area contributed by atoms with E-state index in [0.29, 0.717) is 0 Å². The lowest BCUT2D eigenvalue weighted by Crippen LogP contribution is -2.29. The number of nitrogens with one attached hydrogen (secondary N) is 1. The van der Waals surface area contributed by atoms with E-state index < -0.39 is 0 Å². The van der Waals surface area contributed by atoms with E-state index in [-0.39, 0.29) is 6.04 Å². The molecule has 3 rings (SSSR count). The summed E-state index contributed by atoms with van der Waals surface area (Å²) < 4.78 is 0. The molecule has 0 aliphatic carbocycles. The molecule has 0 aliphatic rings. The van der Waals surface area contributed by atoms with E-state index in [0.717, 1.165) is 16.5 Å². The average molecular weight is 269 g/mol. The molecule has 4 heteroatoms. The minimum Gasteiger partial charge on any atom is -0.271 e. The number of aryl methyl sites for hydroxylation is 1. The zero-order valence-corrected chi connectivity index (χ0v) is 11.4. The SMILES string of the molecule is Cc1sccc1C(NN)c1ccnc2ccccc12. The third-order valence-corrected chi connectivity index (χ3v) is 4.23. The Kier molecular flexibility index (Phi) is 3.29. The van der Waals surface area contributed by atoms with E-state index in [1.807, 2.05) is 30.5 Å². The number of pyridine rings is 1. The minimum absolute atomic E-state index is 0.000787. The van der Waals surface area contributed by atoms with Crippen molar-refractivity contribution in [2.45, 2.75) is 13.0 Å². The number of benzene rings is 1. The Hall–Kier alpha value is -1.75. The molecule has 2 aromatic heterocycles. The second-order valence-electron chi connectivity index (χ2n) is 4.45. The molecule has 1 atom stereocenters. The van der Waals surface area contributed by atoms with Gasteiger partial charge in [-0.05, 0) is 41.6 Å². The second-order valence-corrected chi connectivity index (χ2v) is 5.57. The summed E-state index contributed by atoms with van der Waals surface area (Å²) in [6.07, 6.45) is 1.84.